The summed E-state index contributed by atoms with van der Waals surface area (Å²) in [4.78, 5) is 3.36. The van der Waals surface area contributed by atoms with E-state index in [1.807, 2.05) is 42.5 Å². The molecular weight excluding hydrogens is 262 g/mol. The van der Waals surface area contributed by atoms with Crippen LogP contribution < -0.4 is 17.2 Å². The highest BCUT2D eigenvalue weighted by atomic mass is 14.8. The Morgan fingerprint density at radius 2 is 1.71 bits per heavy atom. The van der Waals surface area contributed by atoms with Gasteiger partial charge in [-0.1, -0.05) is 36.4 Å². The van der Waals surface area contributed by atoms with E-state index in [2.05, 4.69) is 11.1 Å². The number of H-pyrrole nitrogens is 1. The van der Waals surface area contributed by atoms with Gasteiger partial charge in [-0.2, -0.15) is 0 Å². The zero-order valence-electron chi connectivity index (χ0n) is 11.4. The summed E-state index contributed by atoms with van der Waals surface area (Å²) in [6.45, 7) is 0. The van der Waals surface area contributed by atoms with E-state index >= 15 is 0 Å². The van der Waals surface area contributed by atoms with Crippen LogP contribution in [0.25, 0.3) is 22.2 Å². The first-order valence-corrected chi connectivity index (χ1v) is 6.63. The van der Waals surface area contributed by atoms with E-state index in [-0.39, 0.29) is 5.84 Å². The molecule has 0 spiro atoms. The number of aromatic amines is 1. The van der Waals surface area contributed by atoms with Gasteiger partial charge in [0.2, 0.25) is 0 Å². The van der Waals surface area contributed by atoms with Gasteiger partial charge in [-0.15, -0.1) is 0 Å². The Bertz CT molecular complexity index is 799. The number of fused-ring (bicyclic) bond motifs is 1. The average molecular weight is 279 g/mol. The lowest BCUT2D eigenvalue weighted by Crippen LogP contribution is -2.19. The predicted molar refractivity (Wildman–Crippen MR) is 85.9 cm³/mol. The van der Waals surface area contributed by atoms with Crippen molar-refractivity contribution in [1.29, 1.82) is 5.41 Å². The van der Waals surface area contributed by atoms with Crippen LogP contribution in [0.5, 0.6) is 0 Å². The van der Waals surface area contributed by atoms with Crippen molar-refractivity contribution in [2.45, 2.75) is 6.17 Å². The second kappa shape index (κ2) is 5.05. The van der Waals surface area contributed by atoms with Gasteiger partial charge in [-0.3, -0.25) is 5.41 Å². The summed E-state index contributed by atoms with van der Waals surface area (Å²) in [5, 5.41) is 8.51. The van der Waals surface area contributed by atoms with Gasteiger partial charge in [0.25, 0.3) is 0 Å². The lowest BCUT2D eigenvalue weighted by molar-refractivity contribution is 0.775. The lowest BCUT2D eigenvalue weighted by Gasteiger charge is -2.04. The van der Waals surface area contributed by atoms with Gasteiger partial charge in [0.1, 0.15) is 5.84 Å². The van der Waals surface area contributed by atoms with E-state index in [0.29, 0.717) is 5.56 Å². The largest absolute Gasteiger partial charge is 0.384 e. The summed E-state index contributed by atoms with van der Waals surface area (Å²) >= 11 is 0. The monoisotopic (exact) mass is 279 g/mol. The molecule has 0 bridgehead atoms. The van der Waals surface area contributed by atoms with E-state index < -0.39 is 6.17 Å². The number of hydrogen-bond acceptors (Lipinski definition) is 3. The van der Waals surface area contributed by atoms with Crippen LogP contribution in [-0.4, -0.2) is 10.8 Å². The van der Waals surface area contributed by atoms with Gasteiger partial charge >= 0.3 is 0 Å². The van der Waals surface area contributed by atoms with Crippen molar-refractivity contribution < 1.29 is 0 Å². The zero-order valence-corrected chi connectivity index (χ0v) is 11.4. The molecule has 21 heavy (non-hydrogen) atoms. The number of rotatable bonds is 3. The minimum Gasteiger partial charge on any atom is -0.384 e. The van der Waals surface area contributed by atoms with Crippen LogP contribution in [0.1, 0.15) is 17.3 Å². The number of nitrogens with one attached hydrogen (secondary N) is 2. The molecule has 5 nitrogen and oxygen atoms in total. The molecule has 3 aromatic rings. The molecule has 0 amide bonds. The molecular formula is C16H17N5. The van der Waals surface area contributed by atoms with Gasteiger partial charge in [0.15, 0.2) is 0 Å². The molecule has 0 fully saturated rings. The van der Waals surface area contributed by atoms with Crippen LogP contribution >= 0.6 is 0 Å². The molecule has 0 aliphatic carbocycles. The number of hydrogen-bond donors (Lipinski definition) is 5. The van der Waals surface area contributed by atoms with Crippen LogP contribution in [0.15, 0.2) is 48.5 Å². The first kappa shape index (κ1) is 13.4. The standard InChI is InChI=1S/C16H17N5/c17-15(18)10-3-1-9(2-4-10)13-7-11-5-6-12(16(19)20)8-14(11)21-13/h1-8,16,21H,19-20H2,(H3,17,18). The Morgan fingerprint density at radius 3 is 2.33 bits per heavy atom. The highest BCUT2D eigenvalue weighted by Gasteiger charge is 2.06. The molecule has 2 aromatic carbocycles. The maximum atomic E-state index is 7.41. The molecule has 0 atom stereocenters. The van der Waals surface area contributed by atoms with Gasteiger partial charge in [0.05, 0.1) is 6.17 Å². The Balaban J connectivity index is 2.02. The van der Waals surface area contributed by atoms with E-state index in [9.17, 15) is 0 Å². The number of benzene rings is 2. The molecule has 0 unspecified atom stereocenters. The van der Waals surface area contributed by atoms with Crippen molar-refractivity contribution in [3.8, 4) is 11.3 Å². The summed E-state index contributed by atoms with van der Waals surface area (Å²) < 4.78 is 0. The molecule has 0 radical (unpaired) electrons. The molecule has 106 valence electrons. The highest BCUT2D eigenvalue weighted by molar-refractivity contribution is 5.95. The SMILES string of the molecule is N=C(N)c1ccc(-c2cc3ccc(C(N)N)cc3[nH]2)cc1. The fourth-order valence-corrected chi connectivity index (χ4v) is 2.34. The van der Waals surface area contributed by atoms with E-state index in [1.54, 1.807) is 0 Å². The topological polar surface area (TPSA) is 118 Å². The lowest BCUT2D eigenvalue weighted by atomic mass is 10.1. The van der Waals surface area contributed by atoms with Crippen LogP contribution in [-0.2, 0) is 0 Å². The second-order valence-corrected chi connectivity index (χ2v) is 5.05. The van der Waals surface area contributed by atoms with Crippen molar-refractivity contribution in [3.05, 3.63) is 59.7 Å². The summed E-state index contributed by atoms with van der Waals surface area (Å²) in [6, 6.07) is 15.5. The molecule has 0 saturated carbocycles. The van der Waals surface area contributed by atoms with Crippen LogP contribution in [0.3, 0.4) is 0 Å². The molecule has 1 heterocycles. The number of aromatic nitrogens is 1. The first-order valence-electron chi connectivity index (χ1n) is 6.63. The van der Waals surface area contributed by atoms with Crippen molar-refractivity contribution in [2.24, 2.45) is 17.2 Å². The Hall–Kier alpha value is -2.63. The maximum Gasteiger partial charge on any atom is 0.122 e. The van der Waals surface area contributed by atoms with Crippen molar-refractivity contribution in [2.75, 3.05) is 0 Å². The zero-order chi connectivity index (χ0) is 15.0. The van der Waals surface area contributed by atoms with Crippen LogP contribution in [0.4, 0.5) is 0 Å². The molecule has 5 heteroatoms. The summed E-state index contributed by atoms with van der Waals surface area (Å²) in [5.41, 5.74) is 21.5. The van der Waals surface area contributed by atoms with Gasteiger partial charge in [-0.05, 0) is 23.3 Å². The summed E-state index contributed by atoms with van der Waals surface area (Å²) in [5.74, 6) is 0.0692. The Labute approximate surface area is 122 Å². The normalized spacial score (nSPS) is 11.2. The van der Waals surface area contributed by atoms with Crippen LogP contribution in [0, 0.1) is 5.41 Å². The summed E-state index contributed by atoms with van der Waals surface area (Å²) in [6.07, 6.45) is -0.476. The third-order valence-electron chi connectivity index (χ3n) is 3.54. The molecule has 1 aromatic heterocycles. The van der Waals surface area contributed by atoms with E-state index in [1.165, 1.54) is 0 Å². The minimum absolute atomic E-state index is 0.0692. The Morgan fingerprint density at radius 1 is 1.00 bits per heavy atom. The predicted octanol–water partition coefficient (Wildman–Crippen LogP) is 2.03. The smallest absolute Gasteiger partial charge is 0.122 e. The van der Waals surface area contributed by atoms with Crippen molar-refractivity contribution >= 4 is 16.7 Å². The van der Waals surface area contributed by atoms with E-state index in [0.717, 1.165) is 27.7 Å². The molecule has 0 aliphatic heterocycles. The van der Waals surface area contributed by atoms with Gasteiger partial charge in [-0.25, -0.2) is 0 Å². The van der Waals surface area contributed by atoms with Gasteiger partial charge in [0, 0.05) is 22.2 Å². The van der Waals surface area contributed by atoms with Crippen LogP contribution in [0.2, 0.25) is 0 Å². The molecule has 0 aliphatic rings. The minimum atomic E-state index is -0.476. The van der Waals surface area contributed by atoms with Gasteiger partial charge < -0.3 is 22.2 Å². The number of amidine groups is 1. The summed E-state index contributed by atoms with van der Waals surface area (Å²) in [7, 11) is 0. The van der Waals surface area contributed by atoms with E-state index in [4.69, 9.17) is 22.6 Å². The quantitative estimate of drug-likeness (QED) is 0.287. The Kier molecular flexibility index (Phi) is 3.21. The number of nitrogen functional groups attached to an aromatic ring is 1. The first-order chi connectivity index (χ1) is 10.0. The molecule has 0 saturated heterocycles. The third kappa shape index (κ3) is 2.52. The fraction of sp³-hybridized carbons (Fsp3) is 0.0625. The highest BCUT2D eigenvalue weighted by Crippen LogP contribution is 2.25. The third-order valence-corrected chi connectivity index (χ3v) is 3.54. The van der Waals surface area contributed by atoms with Crippen molar-refractivity contribution in [1.82, 2.24) is 4.98 Å². The molecule has 3 rings (SSSR count). The average Bonchev–Trinajstić information content (AvgIpc) is 2.90. The maximum absolute atomic E-state index is 7.41. The number of nitrogens with two attached hydrogens (primary N) is 3. The van der Waals surface area contributed by atoms with Crippen molar-refractivity contribution in [3.63, 3.8) is 0 Å². The second-order valence-electron chi connectivity index (χ2n) is 5.05. The molecule has 8 N–H and O–H groups in total. The fourth-order valence-electron chi connectivity index (χ4n) is 2.34.